The Bertz CT molecular complexity index is 202. The van der Waals surface area contributed by atoms with Crippen molar-refractivity contribution in [2.75, 3.05) is 6.54 Å². The fourth-order valence-corrected chi connectivity index (χ4v) is 1.96. The summed E-state index contributed by atoms with van der Waals surface area (Å²) in [5.41, 5.74) is 5.68. The van der Waals surface area contributed by atoms with E-state index in [4.69, 9.17) is 5.73 Å². The van der Waals surface area contributed by atoms with Gasteiger partial charge in [-0.15, -0.1) is 0 Å². The number of carbonyl (C=O) groups excluding carboxylic acids is 1. The van der Waals surface area contributed by atoms with E-state index in [1.54, 1.807) is 0 Å². The summed E-state index contributed by atoms with van der Waals surface area (Å²) in [6.07, 6.45) is 0. The third-order valence-electron chi connectivity index (χ3n) is 2.83. The van der Waals surface area contributed by atoms with Gasteiger partial charge in [0.1, 0.15) is 0 Å². The maximum Gasteiger partial charge on any atom is 0.227 e. The first kappa shape index (κ1) is 7.10. The third kappa shape index (κ3) is 0.805. The van der Waals surface area contributed by atoms with Crippen LogP contribution in [0.4, 0.5) is 0 Å². The number of nitrogens with two attached hydrogens (primary N) is 1. The highest BCUT2D eigenvalue weighted by Crippen LogP contribution is 2.45. The maximum atomic E-state index is 11.4. The molecule has 2 rings (SSSR count). The van der Waals surface area contributed by atoms with Crippen LogP contribution in [0.25, 0.3) is 0 Å². The molecular formula is C8H14N2O. The van der Waals surface area contributed by atoms with Crippen molar-refractivity contribution in [3.05, 3.63) is 0 Å². The molecule has 3 unspecified atom stereocenters. The first-order valence-electron chi connectivity index (χ1n) is 4.19. The van der Waals surface area contributed by atoms with E-state index < -0.39 is 0 Å². The van der Waals surface area contributed by atoms with Crippen LogP contribution >= 0.6 is 0 Å². The minimum atomic E-state index is 0.178. The van der Waals surface area contributed by atoms with Gasteiger partial charge in [-0.2, -0.15) is 0 Å². The van der Waals surface area contributed by atoms with Gasteiger partial charge in [-0.1, -0.05) is 0 Å². The van der Waals surface area contributed by atoms with Gasteiger partial charge in [0.2, 0.25) is 5.91 Å². The summed E-state index contributed by atoms with van der Waals surface area (Å²) in [4.78, 5) is 13.4. The second kappa shape index (κ2) is 1.97. The predicted octanol–water partition coefficient (Wildman–Crippen LogP) is -0.190. The smallest absolute Gasteiger partial charge is 0.227 e. The average molecular weight is 154 g/mol. The first-order valence-corrected chi connectivity index (χ1v) is 4.19. The van der Waals surface area contributed by atoms with Crippen molar-refractivity contribution in [1.82, 2.24) is 4.90 Å². The van der Waals surface area contributed by atoms with Gasteiger partial charge in [0.25, 0.3) is 0 Å². The number of hydrogen-bond donors (Lipinski definition) is 1. The Kier molecular flexibility index (Phi) is 1.27. The van der Waals surface area contributed by atoms with Crippen LogP contribution in [-0.2, 0) is 4.79 Å². The van der Waals surface area contributed by atoms with Crippen molar-refractivity contribution in [3.8, 4) is 0 Å². The molecule has 1 aliphatic heterocycles. The number of fused-ring (bicyclic) bond motifs is 1. The molecule has 0 aromatic heterocycles. The van der Waals surface area contributed by atoms with E-state index in [-0.39, 0.29) is 17.9 Å². The molecule has 2 N–H and O–H groups in total. The molecule has 1 heterocycles. The molecule has 2 fully saturated rings. The second-order valence-corrected chi connectivity index (χ2v) is 3.85. The van der Waals surface area contributed by atoms with Crippen LogP contribution in [0.5, 0.6) is 0 Å². The minimum Gasteiger partial charge on any atom is -0.340 e. The SMILES string of the molecule is CC(C)N1CC2C(N)C2C1=O. The van der Waals surface area contributed by atoms with E-state index in [2.05, 4.69) is 0 Å². The van der Waals surface area contributed by atoms with Gasteiger partial charge in [0.05, 0.1) is 5.92 Å². The van der Waals surface area contributed by atoms with Crippen LogP contribution < -0.4 is 5.73 Å². The van der Waals surface area contributed by atoms with Gasteiger partial charge in [-0.05, 0) is 13.8 Å². The molecule has 1 saturated heterocycles. The highest BCUT2D eigenvalue weighted by atomic mass is 16.2. The van der Waals surface area contributed by atoms with E-state index in [0.717, 1.165) is 6.54 Å². The molecule has 2 aliphatic rings. The number of carbonyl (C=O) groups is 1. The maximum absolute atomic E-state index is 11.4. The van der Waals surface area contributed by atoms with Crippen LogP contribution in [0.3, 0.4) is 0 Å². The lowest BCUT2D eigenvalue weighted by Crippen LogP contribution is -2.38. The Hall–Kier alpha value is -0.570. The lowest BCUT2D eigenvalue weighted by atomic mass is 10.3. The van der Waals surface area contributed by atoms with E-state index in [9.17, 15) is 4.79 Å². The largest absolute Gasteiger partial charge is 0.340 e. The zero-order valence-electron chi connectivity index (χ0n) is 6.95. The van der Waals surface area contributed by atoms with Gasteiger partial charge >= 0.3 is 0 Å². The van der Waals surface area contributed by atoms with E-state index in [1.165, 1.54) is 0 Å². The molecule has 3 atom stereocenters. The topological polar surface area (TPSA) is 46.3 Å². The number of nitrogens with zero attached hydrogens (tertiary/aromatic N) is 1. The third-order valence-corrected chi connectivity index (χ3v) is 2.83. The van der Waals surface area contributed by atoms with Crippen molar-refractivity contribution < 1.29 is 4.79 Å². The van der Waals surface area contributed by atoms with Crippen LogP contribution in [-0.4, -0.2) is 29.4 Å². The average Bonchev–Trinajstić information content (AvgIpc) is 2.36. The van der Waals surface area contributed by atoms with Crippen LogP contribution in [0.15, 0.2) is 0 Å². The fourth-order valence-electron chi connectivity index (χ4n) is 1.96. The van der Waals surface area contributed by atoms with Gasteiger partial charge in [0.15, 0.2) is 0 Å². The first-order chi connectivity index (χ1) is 5.13. The fraction of sp³-hybridized carbons (Fsp3) is 0.875. The standard InChI is InChI=1S/C8H14N2O/c1-4(2)10-3-5-6(7(5)9)8(10)11/h4-7H,3,9H2,1-2H3. The summed E-state index contributed by atoms with van der Waals surface area (Å²) in [7, 11) is 0. The Morgan fingerprint density at radius 1 is 1.64 bits per heavy atom. The van der Waals surface area contributed by atoms with Crippen LogP contribution in [0.1, 0.15) is 13.8 Å². The number of rotatable bonds is 1. The van der Waals surface area contributed by atoms with Crippen molar-refractivity contribution in [2.24, 2.45) is 17.6 Å². The summed E-state index contributed by atoms with van der Waals surface area (Å²) in [6.45, 7) is 4.99. The molecule has 0 aromatic carbocycles. The summed E-state index contributed by atoms with van der Waals surface area (Å²) in [5.74, 6) is 0.930. The number of amides is 1. The van der Waals surface area contributed by atoms with Gasteiger partial charge in [-0.3, -0.25) is 4.79 Å². The molecule has 3 nitrogen and oxygen atoms in total. The predicted molar refractivity (Wildman–Crippen MR) is 41.8 cm³/mol. The molecule has 62 valence electrons. The number of likely N-dealkylation sites (tertiary alicyclic amines) is 1. The molecule has 0 radical (unpaired) electrons. The summed E-state index contributed by atoms with van der Waals surface area (Å²) < 4.78 is 0. The number of hydrogen-bond acceptors (Lipinski definition) is 2. The monoisotopic (exact) mass is 154 g/mol. The highest BCUT2D eigenvalue weighted by Gasteiger charge is 2.59. The van der Waals surface area contributed by atoms with Crippen molar-refractivity contribution in [3.63, 3.8) is 0 Å². The lowest BCUT2D eigenvalue weighted by Gasteiger charge is -2.23. The quantitative estimate of drug-likeness (QED) is 0.569. The normalized spacial score (nSPS) is 41.6. The number of piperidine rings is 1. The van der Waals surface area contributed by atoms with E-state index in [1.807, 2.05) is 18.7 Å². The van der Waals surface area contributed by atoms with E-state index >= 15 is 0 Å². The molecule has 0 bridgehead atoms. The Labute approximate surface area is 66.5 Å². The van der Waals surface area contributed by atoms with Gasteiger partial charge < -0.3 is 10.6 Å². The molecule has 11 heavy (non-hydrogen) atoms. The zero-order valence-corrected chi connectivity index (χ0v) is 6.95. The van der Waals surface area contributed by atoms with Gasteiger partial charge in [0, 0.05) is 24.5 Å². The van der Waals surface area contributed by atoms with Crippen molar-refractivity contribution in [2.45, 2.75) is 25.9 Å². The zero-order chi connectivity index (χ0) is 8.17. The summed E-state index contributed by atoms with van der Waals surface area (Å²) in [6, 6.07) is 0.528. The lowest BCUT2D eigenvalue weighted by molar-refractivity contribution is -0.131. The molecular weight excluding hydrogens is 140 g/mol. The minimum absolute atomic E-state index is 0.178. The Morgan fingerprint density at radius 2 is 2.27 bits per heavy atom. The van der Waals surface area contributed by atoms with Crippen molar-refractivity contribution >= 4 is 5.91 Å². The molecule has 0 spiro atoms. The Morgan fingerprint density at radius 3 is 2.64 bits per heavy atom. The van der Waals surface area contributed by atoms with Crippen LogP contribution in [0, 0.1) is 11.8 Å². The molecule has 3 heteroatoms. The van der Waals surface area contributed by atoms with E-state index in [0.29, 0.717) is 12.0 Å². The van der Waals surface area contributed by atoms with Gasteiger partial charge in [-0.25, -0.2) is 0 Å². The summed E-state index contributed by atoms with van der Waals surface area (Å²) >= 11 is 0. The molecule has 1 aliphatic carbocycles. The Balaban J connectivity index is 2.07. The second-order valence-electron chi connectivity index (χ2n) is 3.85. The molecule has 1 amide bonds. The van der Waals surface area contributed by atoms with Crippen LogP contribution in [0.2, 0.25) is 0 Å². The highest BCUT2D eigenvalue weighted by molar-refractivity contribution is 5.86. The molecule has 0 aromatic rings. The van der Waals surface area contributed by atoms with Crippen molar-refractivity contribution in [1.29, 1.82) is 0 Å². The summed E-state index contributed by atoms with van der Waals surface area (Å²) in [5, 5.41) is 0. The molecule has 1 saturated carbocycles.